The van der Waals surface area contributed by atoms with Crippen LogP contribution in [0.1, 0.15) is 40.9 Å². The largest absolute Gasteiger partial charge is 0.297 e. The smallest absolute Gasteiger partial charge is 0.0797 e. The number of fused-ring (bicyclic) bond motifs is 1. The maximum absolute atomic E-state index is 4.61. The maximum atomic E-state index is 4.61. The molecule has 1 saturated heterocycles. The molecule has 2 aromatic rings. The number of piperazine rings is 1. The molecule has 1 aliphatic heterocycles. The summed E-state index contributed by atoms with van der Waals surface area (Å²) >= 11 is 0. The fourth-order valence-corrected chi connectivity index (χ4v) is 3.95. The standard InChI is InChI=1S/C20H28N4/c1-16-6-8-17(9-7-16)14-23-10-12-24(13-11-23)15-20-18-4-2-3-5-19(18)21-22-20/h6-9H,2-5,10-15H2,1H3,(H,21,22). The zero-order chi connectivity index (χ0) is 16.4. The molecule has 2 heterocycles. The predicted octanol–water partition coefficient (Wildman–Crippen LogP) is 2.91. The van der Waals surface area contributed by atoms with Crippen LogP contribution in [-0.2, 0) is 25.9 Å². The van der Waals surface area contributed by atoms with E-state index in [4.69, 9.17) is 0 Å². The Morgan fingerprint density at radius 1 is 0.917 bits per heavy atom. The van der Waals surface area contributed by atoms with Gasteiger partial charge in [0, 0.05) is 45.0 Å². The number of nitrogens with zero attached hydrogens (tertiary/aromatic N) is 3. The third-order valence-electron chi connectivity index (χ3n) is 5.51. The Hall–Kier alpha value is -1.65. The Morgan fingerprint density at radius 3 is 2.33 bits per heavy atom. The van der Waals surface area contributed by atoms with E-state index in [1.165, 1.54) is 53.8 Å². The summed E-state index contributed by atoms with van der Waals surface area (Å²) in [4.78, 5) is 5.14. The summed E-state index contributed by atoms with van der Waals surface area (Å²) in [6.45, 7) is 8.84. The molecule has 24 heavy (non-hydrogen) atoms. The molecule has 0 unspecified atom stereocenters. The number of hydrogen-bond donors (Lipinski definition) is 1. The van der Waals surface area contributed by atoms with Crippen LogP contribution < -0.4 is 0 Å². The van der Waals surface area contributed by atoms with Gasteiger partial charge in [0.05, 0.1) is 5.69 Å². The molecule has 0 radical (unpaired) electrons. The Bertz CT molecular complexity index is 665. The highest BCUT2D eigenvalue weighted by Gasteiger charge is 2.21. The summed E-state index contributed by atoms with van der Waals surface area (Å²) in [6.07, 6.45) is 5.04. The Balaban J connectivity index is 1.30. The molecule has 128 valence electrons. The number of H-pyrrole nitrogens is 1. The lowest BCUT2D eigenvalue weighted by Gasteiger charge is -2.34. The third-order valence-corrected chi connectivity index (χ3v) is 5.51. The summed E-state index contributed by atoms with van der Waals surface area (Å²) in [5.41, 5.74) is 6.98. The van der Waals surface area contributed by atoms with Gasteiger partial charge < -0.3 is 0 Å². The molecule has 0 saturated carbocycles. The number of hydrogen-bond acceptors (Lipinski definition) is 3. The molecule has 1 N–H and O–H groups in total. The summed E-state index contributed by atoms with van der Waals surface area (Å²) < 4.78 is 0. The normalized spacial score (nSPS) is 19.4. The molecule has 0 bridgehead atoms. The minimum atomic E-state index is 1.02. The molecular formula is C20H28N4. The van der Waals surface area contributed by atoms with Gasteiger partial charge in [-0.3, -0.25) is 14.9 Å². The fraction of sp³-hybridized carbons (Fsp3) is 0.550. The van der Waals surface area contributed by atoms with Crippen LogP contribution in [0.25, 0.3) is 0 Å². The van der Waals surface area contributed by atoms with E-state index in [9.17, 15) is 0 Å². The van der Waals surface area contributed by atoms with Crippen molar-refractivity contribution >= 4 is 0 Å². The van der Waals surface area contributed by atoms with Crippen molar-refractivity contribution in [3.8, 4) is 0 Å². The summed E-state index contributed by atoms with van der Waals surface area (Å²) in [5.74, 6) is 0. The van der Waals surface area contributed by atoms with Gasteiger partial charge in [-0.05, 0) is 43.7 Å². The highest BCUT2D eigenvalue weighted by Crippen LogP contribution is 2.23. The molecule has 0 atom stereocenters. The van der Waals surface area contributed by atoms with Gasteiger partial charge in [0.1, 0.15) is 0 Å². The highest BCUT2D eigenvalue weighted by molar-refractivity contribution is 5.27. The van der Waals surface area contributed by atoms with E-state index in [1.54, 1.807) is 0 Å². The van der Waals surface area contributed by atoms with Gasteiger partial charge in [0.2, 0.25) is 0 Å². The van der Waals surface area contributed by atoms with Crippen LogP contribution in [0.15, 0.2) is 24.3 Å². The fourth-order valence-electron chi connectivity index (χ4n) is 3.95. The first-order valence-corrected chi connectivity index (χ1v) is 9.33. The van der Waals surface area contributed by atoms with Crippen LogP contribution in [0.3, 0.4) is 0 Å². The lowest BCUT2D eigenvalue weighted by molar-refractivity contribution is 0.120. The van der Waals surface area contributed by atoms with Crippen LogP contribution in [0.2, 0.25) is 0 Å². The van der Waals surface area contributed by atoms with Crippen molar-refractivity contribution in [2.24, 2.45) is 0 Å². The zero-order valence-corrected chi connectivity index (χ0v) is 14.7. The molecule has 4 rings (SSSR count). The quantitative estimate of drug-likeness (QED) is 0.939. The lowest BCUT2D eigenvalue weighted by Crippen LogP contribution is -2.45. The molecule has 1 fully saturated rings. The molecule has 0 amide bonds. The summed E-state index contributed by atoms with van der Waals surface area (Å²) in [7, 11) is 0. The second-order valence-corrected chi connectivity index (χ2v) is 7.37. The monoisotopic (exact) mass is 324 g/mol. The topological polar surface area (TPSA) is 35.2 Å². The molecule has 0 spiro atoms. The van der Waals surface area contributed by atoms with Gasteiger partial charge in [-0.1, -0.05) is 29.8 Å². The van der Waals surface area contributed by atoms with Crippen LogP contribution >= 0.6 is 0 Å². The van der Waals surface area contributed by atoms with Gasteiger partial charge in [0.25, 0.3) is 0 Å². The number of rotatable bonds is 4. The second kappa shape index (κ2) is 7.08. The highest BCUT2D eigenvalue weighted by atomic mass is 15.3. The van der Waals surface area contributed by atoms with E-state index >= 15 is 0 Å². The third kappa shape index (κ3) is 3.55. The van der Waals surface area contributed by atoms with Crippen LogP contribution in [0, 0.1) is 6.92 Å². The molecule has 4 heteroatoms. The summed E-state index contributed by atoms with van der Waals surface area (Å²) in [5, 5.41) is 7.88. The van der Waals surface area contributed by atoms with Gasteiger partial charge in [0.15, 0.2) is 0 Å². The molecule has 2 aliphatic rings. The molecule has 1 aliphatic carbocycles. The van der Waals surface area contributed by atoms with E-state index in [2.05, 4.69) is 51.2 Å². The van der Waals surface area contributed by atoms with Crippen molar-refractivity contribution in [2.45, 2.75) is 45.7 Å². The van der Waals surface area contributed by atoms with Crippen molar-refractivity contribution in [1.82, 2.24) is 20.0 Å². The lowest BCUT2D eigenvalue weighted by atomic mass is 9.96. The number of aromatic amines is 1. The van der Waals surface area contributed by atoms with Crippen molar-refractivity contribution in [1.29, 1.82) is 0 Å². The maximum Gasteiger partial charge on any atom is 0.0797 e. The molecule has 1 aromatic heterocycles. The number of aromatic nitrogens is 2. The van der Waals surface area contributed by atoms with Crippen molar-refractivity contribution in [2.75, 3.05) is 26.2 Å². The van der Waals surface area contributed by atoms with Gasteiger partial charge in [-0.15, -0.1) is 0 Å². The Labute approximate surface area is 144 Å². The predicted molar refractivity (Wildman–Crippen MR) is 97.0 cm³/mol. The van der Waals surface area contributed by atoms with E-state index in [0.717, 1.165) is 39.3 Å². The van der Waals surface area contributed by atoms with E-state index < -0.39 is 0 Å². The first-order valence-electron chi connectivity index (χ1n) is 9.33. The van der Waals surface area contributed by atoms with Crippen LogP contribution in [-0.4, -0.2) is 46.2 Å². The number of nitrogens with one attached hydrogen (secondary N) is 1. The second-order valence-electron chi connectivity index (χ2n) is 7.37. The SMILES string of the molecule is Cc1ccc(CN2CCN(Cc3n[nH]c4c3CCCC4)CC2)cc1. The minimum Gasteiger partial charge on any atom is -0.297 e. The molecular weight excluding hydrogens is 296 g/mol. The minimum absolute atomic E-state index is 1.02. The first kappa shape index (κ1) is 15.9. The van der Waals surface area contributed by atoms with Gasteiger partial charge in [-0.25, -0.2) is 0 Å². The average molecular weight is 324 g/mol. The van der Waals surface area contributed by atoms with E-state index in [1.807, 2.05) is 0 Å². The summed E-state index contributed by atoms with van der Waals surface area (Å²) in [6, 6.07) is 8.95. The van der Waals surface area contributed by atoms with E-state index in [0.29, 0.717) is 0 Å². The number of aryl methyl sites for hydroxylation is 2. The zero-order valence-electron chi connectivity index (χ0n) is 14.7. The Kier molecular flexibility index (Phi) is 4.67. The average Bonchev–Trinajstić information content (AvgIpc) is 3.02. The molecule has 4 nitrogen and oxygen atoms in total. The number of benzene rings is 1. The van der Waals surface area contributed by atoms with Crippen molar-refractivity contribution in [3.63, 3.8) is 0 Å². The molecule has 1 aromatic carbocycles. The van der Waals surface area contributed by atoms with Crippen LogP contribution in [0.5, 0.6) is 0 Å². The van der Waals surface area contributed by atoms with Gasteiger partial charge in [-0.2, -0.15) is 5.10 Å². The van der Waals surface area contributed by atoms with Crippen molar-refractivity contribution < 1.29 is 0 Å². The van der Waals surface area contributed by atoms with Crippen molar-refractivity contribution in [3.05, 3.63) is 52.3 Å². The first-order chi connectivity index (χ1) is 11.8. The Morgan fingerprint density at radius 2 is 1.58 bits per heavy atom. The van der Waals surface area contributed by atoms with E-state index in [-0.39, 0.29) is 0 Å². The van der Waals surface area contributed by atoms with Crippen LogP contribution in [0.4, 0.5) is 0 Å². The van der Waals surface area contributed by atoms with Gasteiger partial charge >= 0.3 is 0 Å².